The predicted molar refractivity (Wildman–Crippen MR) is 31.4 cm³/mol. The molecule has 0 N–H and O–H groups in total. The molecule has 2 heteroatoms. The molecule has 0 unspecified atom stereocenters. The summed E-state index contributed by atoms with van der Waals surface area (Å²) >= 11 is 0. The first-order valence-corrected chi connectivity index (χ1v) is 2.43. The maximum Gasteiger partial charge on any atom is 0.333 e. The molecule has 0 aromatic rings. The molecule has 0 amide bonds. The molecule has 0 aromatic carbocycles. The van der Waals surface area contributed by atoms with E-state index in [1.54, 1.807) is 19.9 Å². The zero-order valence-corrected chi connectivity index (χ0v) is 5.39. The molecule has 0 rings (SSSR count). The van der Waals surface area contributed by atoms with Gasteiger partial charge in [0, 0.05) is 5.57 Å². The van der Waals surface area contributed by atoms with E-state index in [1.165, 1.54) is 7.11 Å². The van der Waals surface area contributed by atoms with Crippen LogP contribution in [0.1, 0.15) is 13.8 Å². The minimum Gasteiger partial charge on any atom is -0.466 e. The number of hydrogen-bond acceptors (Lipinski definition) is 2. The summed E-state index contributed by atoms with van der Waals surface area (Å²) in [5.74, 6) is -0.257. The Balaban J connectivity index is 3.83. The van der Waals surface area contributed by atoms with Crippen molar-refractivity contribution in [3.8, 4) is 0 Å². The van der Waals surface area contributed by atoms with Crippen molar-refractivity contribution in [3.05, 3.63) is 11.6 Å². The quantitative estimate of drug-likeness (QED) is 0.377. The first kappa shape index (κ1) is 7.21. The molecule has 0 bridgehead atoms. The van der Waals surface area contributed by atoms with Crippen molar-refractivity contribution in [2.24, 2.45) is 0 Å². The summed E-state index contributed by atoms with van der Waals surface area (Å²) in [6.45, 7) is 3.51. The Morgan fingerprint density at radius 1 is 1.62 bits per heavy atom. The van der Waals surface area contributed by atoms with E-state index < -0.39 is 0 Å². The van der Waals surface area contributed by atoms with E-state index in [2.05, 4.69) is 4.74 Å². The van der Waals surface area contributed by atoms with Gasteiger partial charge in [-0.3, -0.25) is 0 Å². The third kappa shape index (κ3) is 1.78. The van der Waals surface area contributed by atoms with Gasteiger partial charge in [-0.1, -0.05) is 6.08 Å². The molecular weight excluding hydrogens is 104 g/mol. The number of ether oxygens (including phenoxy) is 1. The molecule has 0 aromatic heterocycles. The molecule has 46 valence electrons. The van der Waals surface area contributed by atoms with E-state index in [1.807, 2.05) is 0 Å². The largest absolute Gasteiger partial charge is 0.466 e. The van der Waals surface area contributed by atoms with Gasteiger partial charge in [0.2, 0.25) is 0 Å². The van der Waals surface area contributed by atoms with Crippen molar-refractivity contribution >= 4 is 5.97 Å². The number of methoxy groups -OCH3 is 1. The number of allylic oxidation sites excluding steroid dienone is 1. The Hall–Kier alpha value is -0.790. The lowest BCUT2D eigenvalue weighted by molar-refractivity contribution is -0.136. The number of esters is 1. The average Bonchev–Trinajstić information content (AvgIpc) is 1.84. The van der Waals surface area contributed by atoms with Gasteiger partial charge in [-0.05, 0) is 13.8 Å². The SMILES string of the molecule is C/C=C(\C)C(=O)OC. The third-order valence-electron chi connectivity index (χ3n) is 0.940. The van der Waals surface area contributed by atoms with Gasteiger partial charge in [-0.25, -0.2) is 4.79 Å². The van der Waals surface area contributed by atoms with Gasteiger partial charge in [0.15, 0.2) is 0 Å². The number of rotatable bonds is 1. The van der Waals surface area contributed by atoms with Crippen LogP contribution in [0, 0.1) is 0 Å². The van der Waals surface area contributed by atoms with Crippen molar-refractivity contribution in [1.29, 1.82) is 0 Å². The van der Waals surface area contributed by atoms with Gasteiger partial charge in [-0.2, -0.15) is 0 Å². The average molecular weight is 114 g/mol. The van der Waals surface area contributed by atoms with Crippen LogP contribution in [0.4, 0.5) is 0 Å². The second kappa shape index (κ2) is 3.24. The van der Waals surface area contributed by atoms with Crippen LogP contribution in [-0.2, 0) is 9.53 Å². The molecule has 8 heavy (non-hydrogen) atoms. The van der Waals surface area contributed by atoms with Crippen molar-refractivity contribution in [1.82, 2.24) is 0 Å². The van der Waals surface area contributed by atoms with Crippen LogP contribution in [-0.4, -0.2) is 13.1 Å². The molecule has 0 saturated carbocycles. The van der Waals surface area contributed by atoms with E-state index in [4.69, 9.17) is 0 Å². The zero-order valence-electron chi connectivity index (χ0n) is 5.39. The lowest BCUT2D eigenvalue weighted by Crippen LogP contribution is -2.00. The Kier molecular flexibility index (Phi) is 2.92. The minimum absolute atomic E-state index is 0.257. The molecule has 2 nitrogen and oxygen atoms in total. The molecule has 0 spiro atoms. The van der Waals surface area contributed by atoms with Gasteiger partial charge in [0.1, 0.15) is 0 Å². The Morgan fingerprint density at radius 2 is 2.12 bits per heavy atom. The van der Waals surface area contributed by atoms with E-state index in [0.717, 1.165) is 0 Å². The van der Waals surface area contributed by atoms with Crippen molar-refractivity contribution in [2.75, 3.05) is 7.11 Å². The first-order valence-electron chi connectivity index (χ1n) is 2.43. The predicted octanol–water partition coefficient (Wildman–Crippen LogP) is 1.13. The standard InChI is InChI=1S/C6H10O2/c1-4-5(2)6(7)8-3/h4H,1-3H3/b5-4+. The summed E-state index contributed by atoms with van der Waals surface area (Å²) in [4.78, 5) is 10.5. The smallest absolute Gasteiger partial charge is 0.333 e. The fraction of sp³-hybridized carbons (Fsp3) is 0.500. The second-order valence-corrected chi connectivity index (χ2v) is 1.46. The highest BCUT2D eigenvalue weighted by Gasteiger charge is 1.98. The van der Waals surface area contributed by atoms with Gasteiger partial charge >= 0.3 is 5.97 Å². The van der Waals surface area contributed by atoms with Gasteiger partial charge in [-0.15, -0.1) is 0 Å². The fourth-order valence-electron chi connectivity index (χ4n) is 0.279. The zero-order chi connectivity index (χ0) is 6.57. The second-order valence-electron chi connectivity index (χ2n) is 1.46. The lowest BCUT2D eigenvalue weighted by Gasteiger charge is -1.93. The summed E-state index contributed by atoms with van der Waals surface area (Å²) in [5.41, 5.74) is 0.646. The molecular formula is C6H10O2. The molecule has 0 atom stereocenters. The van der Waals surface area contributed by atoms with Crippen molar-refractivity contribution < 1.29 is 9.53 Å². The highest BCUT2D eigenvalue weighted by Crippen LogP contribution is 1.92. The van der Waals surface area contributed by atoms with Gasteiger partial charge in [0.25, 0.3) is 0 Å². The molecule has 0 fully saturated rings. The summed E-state index contributed by atoms with van der Waals surface area (Å²) in [5, 5.41) is 0. The van der Waals surface area contributed by atoms with Crippen LogP contribution in [0.5, 0.6) is 0 Å². The number of carbonyl (C=O) groups excluding carboxylic acids is 1. The summed E-state index contributed by atoms with van der Waals surface area (Å²) in [7, 11) is 1.37. The van der Waals surface area contributed by atoms with Crippen LogP contribution in [0.15, 0.2) is 11.6 Å². The van der Waals surface area contributed by atoms with E-state index in [9.17, 15) is 4.79 Å². The Bertz CT molecular complexity index is 114. The summed E-state index contributed by atoms with van der Waals surface area (Å²) < 4.78 is 4.40. The van der Waals surface area contributed by atoms with E-state index in [-0.39, 0.29) is 5.97 Å². The van der Waals surface area contributed by atoms with Crippen molar-refractivity contribution in [2.45, 2.75) is 13.8 Å². The number of hydrogen-bond donors (Lipinski definition) is 0. The first-order chi connectivity index (χ1) is 3.72. The highest BCUT2D eigenvalue weighted by molar-refractivity contribution is 5.87. The highest BCUT2D eigenvalue weighted by atomic mass is 16.5. The normalized spacial score (nSPS) is 11.1. The Morgan fingerprint density at radius 3 is 2.25 bits per heavy atom. The monoisotopic (exact) mass is 114 g/mol. The molecule has 0 saturated heterocycles. The van der Waals surface area contributed by atoms with Crippen LogP contribution < -0.4 is 0 Å². The van der Waals surface area contributed by atoms with E-state index in [0.29, 0.717) is 5.57 Å². The van der Waals surface area contributed by atoms with Crippen LogP contribution in [0.25, 0.3) is 0 Å². The third-order valence-corrected chi connectivity index (χ3v) is 0.940. The topological polar surface area (TPSA) is 26.3 Å². The van der Waals surface area contributed by atoms with Crippen LogP contribution in [0.3, 0.4) is 0 Å². The summed E-state index contributed by atoms with van der Waals surface area (Å²) in [6.07, 6.45) is 1.71. The van der Waals surface area contributed by atoms with Gasteiger partial charge < -0.3 is 4.74 Å². The molecule has 0 heterocycles. The summed E-state index contributed by atoms with van der Waals surface area (Å²) in [6, 6.07) is 0. The fourth-order valence-corrected chi connectivity index (χ4v) is 0.279. The maximum atomic E-state index is 10.5. The van der Waals surface area contributed by atoms with Crippen LogP contribution >= 0.6 is 0 Å². The number of carbonyl (C=O) groups is 1. The molecule has 0 aliphatic carbocycles. The minimum atomic E-state index is -0.257. The molecule has 0 radical (unpaired) electrons. The van der Waals surface area contributed by atoms with E-state index >= 15 is 0 Å². The van der Waals surface area contributed by atoms with Crippen LogP contribution in [0.2, 0.25) is 0 Å². The lowest BCUT2D eigenvalue weighted by atomic mass is 10.3. The van der Waals surface area contributed by atoms with Gasteiger partial charge in [0.05, 0.1) is 7.11 Å². The molecule has 0 aliphatic rings. The molecule has 0 aliphatic heterocycles. The maximum absolute atomic E-state index is 10.5. The van der Waals surface area contributed by atoms with Crippen molar-refractivity contribution in [3.63, 3.8) is 0 Å². The Labute approximate surface area is 49.1 Å².